The number of likely N-dealkylation sites (tertiary alicyclic amines) is 1. The smallest absolute Gasteiger partial charge is 0.256 e. The lowest BCUT2D eigenvalue weighted by molar-refractivity contribution is 0.0572. The molecule has 104 valence electrons. The monoisotopic (exact) mass is 284 g/mol. The number of carbonyl (C=O) groups excluding carboxylic acids is 1. The van der Waals surface area contributed by atoms with Crippen LogP contribution in [0.5, 0.6) is 0 Å². The zero-order valence-corrected chi connectivity index (χ0v) is 11.4. The fourth-order valence-electron chi connectivity index (χ4n) is 2.14. The topological polar surface area (TPSA) is 72.8 Å². The van der Waals surface area contributed by atoms with E-state index in [-0.39, 0.29) is 19.0 Å². The molecule has 0 aromatic heterocycles. The highest BCUT2D eigenvalue weighted by Crippen LogP contribution is 2.24. The lowest BCUT2D eigenvalue weighted by Crippen LogP contribution is -2.30. The third kappa shape index (κ3) is 3.00. The molecule has 0 radical (unpaired) electrons. The van der Waals surface area contributed by atoms with Gasteiger partial charge in [-0.05, 0) is 25.1 Å². The quantitative estimate of drug-likeness (QED) is 0.773. The molecule has 1 saturated heterocycles. The minimum Gasteiger partial charge on any atom is -0.388 e. The Morgan fingerprint density at radius 1 is 1.42 bits per heavy atom. The van der Waals surface area contributed by atoms with E-state index in [1.165, 1.54) is 4.90 Å². The molecule has 0 bridgehead atoms. The Balaban J connectivity index is 2.25. The zero-order chi connectivity index (χ0) is 14.0. The summed E-state index contributed by atoms with van der Waals surface area (Å²) in [5, 5.41) is 22.6. The second-order valence-electron chi connectivity index (χ2n) is 4.57. The molecule has 3 N–H and O–H groups in total. The van der Waals surface area contributed by atoms with Crippen LogP contribution in [0.15, 0.2) is 18.2 Å². The van der Waals surface area contributed by atoms with Crippen LogP contribution < -0.4 is 5.32 Å². The lowest BCUT2D eigenvalue weighted by atomic mass is 10.1. The molecular formula is C13H17ClN2O3. The summed E-state index contributed by atoms with van der Waals surface area (Å²) in [5.74, 6) is -0.242. The van der Waals surface area contributed by atoms with Crippen LogP contribution in [0.4, 0.5) is 5.69 Å². The summed E-state index contributed by atoms with van der Waals surface area (Å²) in [6.45, 7) is 2.90. The SMILES string of the molecule is CCNc1ccc(Cl)cc1C(=O)N1CC(O)C(O)C1. The largest absolute Gasteiger partial charge is 0.388 e. The van der Waals surface area contributed by atoms with E-state index in [0.29, 0.717) is 22.8 Å². The Labute approximate surface area is 116 Å². The second-order valence-corrected chi connectivity index (χ2v) is 5.00. The number of aliphatic hydroxyl groups is 2. The standard InChI is InChI=1S/C13H17ClN2O3/c1-2-15-10-4-3-8(14)5-9(10)13(19)16-6-11(17)12(18)7-16/h3-5,11-12,15,17-18H,2,6-7H2,1H3. The van der Waals surface area contributed by atoms with Crippen LogP contribution in [0.25, 0.3) is 0 Å². The van der Waals surface area contributed by atoms with E-state index in [1.54, 1.807) is 18.2 Å². The van der Waals surface area contributed by atoms with Crippen LogP contribution in [0.1, 0.15) is 17.3 Å². The van der Waals surface area contributed by atoms with Crippen molar-refractivity contribution < 1.29 is 15.0 Å². The van der Waals surface area contributed by atoms with Crippen molar-refractivity contribution in [1.82, 2.24) is 4.90 Å². The van der Waals surface area contributed by atoms with E-state index < -0.39 is 12.2 Å². The van der Waals surface area contributed by atoms with Crippen LogP contribution >= 0.6 is 11.6 Å². The summed E-state index contributed by atoms with van der Waals surface area (Å²) in [6.07, 6.45) is -1.77. The van der Waals surface area contributed by atoms with E-state index in [2.05, 4.69) is 5.32 Å². The Hall–Kier alpha value is -1.30. The molecule has 5 nitrogen and oxygen atoms in total. The molecule has 1 heterocycles. The Bertz CT molecular complexity index is 471. The molecule has 2 rings (SSSR count). The maximum absolute atomic E-state index is 12.4. The number of nitrogens with zero attached hydrogens (tertiary/aromatic N) is 1. The van der Waals surface area contributed by atoms with Gasteiger partial charge in [-0.25, -0.2) is 0 Å². The summed E-state index contributed by atoms with van der Waals surface area (Å²) in [7, 11) is 0. The molecule has 1 aromatic carbocycles. The minimum absolute atomic E-state index is 0.137. The maximum Gasteiger partial charge on any atom is 0.256 e. The molecule has 2 atom stereocenters. The highest BCUT2D eigenvalue weighted by Gasteiger charge is 2.33. The normalized spacial score (nSPS) is 22.6. The summed E-state index contributed by atoms with van der Waals surface area (Å²) in [4.78, 5) is 13.8. The first-order valence-electron chi connectivity index (χ1n) is 6.21. The van der Waals surface area contributed by atoms with E-state index in [9.17, 15) is 15.0 Å². The fraction of sp³-hybridized carbons (Fsp3) is 0.462. The average Bonchev–Trinajstić information content (AvgIpc) is 2.71. The van der Waals surface area contributed by atoms with Gasteiger partial charge < -0.3 is 20.4 Å². The van der Waals surface area contributed by atoms with Crippen molar-refractivity contribution >= 4 is 23.2 Å². The van der Waals surface area contributed by atoms with Gasteiger partial charge in [-0.2, -0.15) is 0 Å². The van der Waals surface area contributed by atoms with E-state index in [1.807, 2.05) is 6.92 Å². The number of hydrogen-bond acceptors (Lipinski definition) is 4. The van der Waals surface area contributed by atoms with E-state index in [0.717, 1.165) is 0 Å². The molecule has 2 unspecified atom stereocenters. The van der Waals surface area contributed by atoms with Gasteiger partial charge in [0.1, 0.15) is 0 Å². The van der Waals surface area contributed by atoms with Gasteiger partial charge >= 0.3 is 0 Å². The number of amides is 1. The van der Waals surface area contributed by atoms with Gasteiger partial charge in [-0.1, -0.05) is 11.6 Å². The molecule has 0 saturated carbocycles. The van der Waals surface area contributed by atoms with Crippen molar-refractivity contribution in [3.63, 3.8) is 0 Å². The first-order valence-corrected chi connectivity index (χ1v) is 6.59. The minimum atomic E-state index is -0.884. The maximum atomic E-state index is 12.4. The van der Waals surface area contributed by atoms with Gasteiger partial charge in [0, 0.05) is 30.3 Å². The predicted molar refractivity (Wildman–Crippen MR) is 73.5 cm³/mol. The molecule has 1 aliphatic rings. The first-order chi connectivity index (χ1) is 9.02. The van der Waals surface area contributed by atoms with Crippen molar-refractivity contribution in [2.24, 2.45) is 0 Å². The third-order valence-corrected chi connectivity index (χ3v) is 3.36. The summed E-state index contributed by atoms with van der Waals surface area (Å²) < 4.78 is 0. The van der Waals surface area contributed by atoms with Crippen molar-refractivity contribution in [3.05, 3.63) is 28.8 Å². The number of rotatable bonds is 3. The van der Waals surface area contributed by atoms with Gasteiger partial charge in [-0.15, -0.1) is 0 Å². The van der Waals surface area contributed by atoms with Crippen molar-refractivity contribution in [2.75, 3.05) is 25.0 Å². The summed E-state index contributed by atoms with van der Waals surface area (Å²) >= 11 is 5.93. The lowest BCUT2D eigenvalue weighted by Gasteiger charge is -2.18. The molecule has 1 aromatic rings. The first kappa shape index (κ1) is 14.1. The molecule has 1 aliphatic heterocycles. The number of hydrogen-bond donors (Lipinski definition) is 3. The van der Waals surface area contributed by atoms with Gasteiger partial charge in [0.15, 0.2) is 0 Å². The Morgan fingerprint density at radius 2 is 2.05 bits per heavy atom. The third-order valence-electron chi connectivity index (χ3n) is 3.13. The number of halogens is 1. The van der Waals surface area contributed by atoms with Crippen molar-refractivity contribution in [2.45, 2.75) is 19.1 Å². The molecular weight excluding hydrogens is 268 g/mol. The van der Waals surface area contributed by atoms with Gasteiger partial charge in [0.2, 0.25) is 0 Å². The van der Waals surface area contributed by atoms with Gasteiger partial charge in [0.25, 0.3) is 5.91 Å². The van der Waals surface area contributed by atoms with E-state index >= 15 is 0 Å². The highest BCUT2D eigenvalue weighted by atomic mass is 35.5. The van der Waals surface area contributed by atoms with Crippen LogP contribution in [-0.4, -0.2) is 52.9 Å². The molecule has 19 heavy (non-hydrogen) atoms. The van der Waals surface area contributed by atoms with Crippen LogP contribution in [0.3, 0.4) is 0 Å². The van der Waals surface area contributed by atoms with Crippen molar-refractivity contribution in [1.29, 1.82) is 0 Å². The zero-order valence-electron chi connectivity index (χ0n) is 10.6. The summed E-state index contributed by atoms with van der Waals surface area (Å²) in [6, 6.07) is 5.06. The molecule has 1 fully saturated rings. The highest BCUT2D eigenvalue weighted by molar-refractivity contribution is 6.31. The number of aliphatic hydroxyl groups excluding tert-OH is 2. The number of β-amino-alcohol motifs (C(OH)–C–C–N with tert-alkyl or cyclic N) is 2. The van der Waals surface area contributed by atoms with Crippen LogP contribution in [0.2, 0.25) is 5.02 Å². The predicted octanol–water partition coefficient (Wildman–Crippen LogP) is 0.949. The molecule has 1 amide bonds. The van der Waals surface area contributed by atoms with Crippen molar-refractivity contribution in [3.8, 4) is 0 Å². The summed E-state index contributed by atoms with van der Waals surface area (Å²) in [5.41, 5.74) is 1.16. The van der Waals surface area contributed by atoms with Crippen LogP contribution in [-0.2, 0) is 0 Å². The molecule has 0 aliphatic carbocycles. The fourth-order valence-corrected chi connectivity index (χ4v) is 2.32. The van der Waals surface area contributed by atoms with Gasteiger partial charge in [0.05, 0.1) is 17.8 Å². The molecule has 6 heteroatoms. The Morgan fingerprint density at radius 3 is 2.63 bits per heavy atom. The number of nitrogens with one attached hydrogen (secondary N) is 1. The van der Waals surface area contributed by atoms with E-state index in [4.69, 9.17) is 11.6 Å². The Kier molecular flexibility index (Phi) is 4.29. The van der Waals surface area contributed by atoms with Gasteiger partial charge in [-0.3, -0.25) is 4.79 Å². The number of benzene rings is 1. The van der Waals surface area contributed by atoms with Crippen LogP contribution in [0, 0.1) is 0 Å². The number of anilines is 1. The molecule has 0 spiro atoms. The number of carbonyl (C=O) groups is 1. The average molecular weight is 285 g/mol. The second kappa shape index (κ2) is 5.77.